The molecule has 156 valence electrons. The van der Waals surface area contributed by atoms with E-state index in [2.05, 4.69) is 25.5 Å². The van der Waals surface area contributed by atoms with Crippen molar-refractivity contribution in [2.75, 3.05) is 11.9 Å². The number of H-pyrrole nitrogens is 1. The fourth-order valence-electron chi connectivity index (χ4n) is 3.04. The second-order valence-electron chi connectivity index (χ2n) is 6.46. The highest BCUT2D eigenvalue weighted by Gasteiger charge is 2.35. The molecule has 1 unspecified atom stereocenters. The Kier molecular flexibility index (Phi) is 4.89. The van der Waals surface area contributed by atoms with Crippen molar-refractivity contribution < 1.29 is 18.9 Å². The monoisotopic (exact) mass is 406 g/mol. The largest absolute Gasteiger partial charge is 0.418 e. The van der Waals surface area contributed by atoms with E-state index in [9.17, 15) is 13.2 Å². The molecule has 6 nitrogen and oxygen atoms in total. The number of anilines is 1. The topological polar surface area (TPSA) is 92.5 Å². The Balaban J connectivity index is 0.00000256. The van der Waals surface area contributed by atoms with E-state index in [1.807, 2.05) is 30.3 Å². The third-order valence-corrected chi connectivity index (χ3v) is 4.50. The number of nitrogens with zero attached hydrogens (tertiary/aromatic N) is 3. The molecule has 0 radical (unpaired) electrons. The zero-order chi connectivity index (χ0) is 20.4. The average Bonchev–Trinajstić information content (AvgIpc) is 3.16. The zero-order valence-corrected chi connectivity index (χ0v) is 15.1. The van der Waals surface area contributed by atoms with Crippen molar-refractivity contribution >= 4 is 16.9 Å². The van der Waals surface area contributed by atoms with Crippen LogP contribution in [0.5, 0.6) is 0 Å². The lowest BCUT2D eigenvalue weighted by atomic mass is 10.1. The molecule has 0 spiro atoms. The summed E-state index contributed by atoms with van der Waals surface area (Å²) in [5.74, 6) is 0.283. The first-order valence-electron chi connectivity index (χ1n) is 8.85. The van der Waals surface area contributed by atoms with Crippen LogP contribution < -0.4 is 11.1 Å². The molecule has 0 amide bonds. The number of hydrogen-bond donors (Lipinski definition) is 3. The van der Waals surface area contributed by atoms with Crippen molar-refractivity contribution in [3.05, 3.63) is 71.9 Å². The molecular weight excluding hydrogens is 381 g/mol. The summed E-state index contributed by atoms with van der Waals surface area (Å²) in [6.07, 6.45) is -3.05. The first kappa shape index (κ1) is 18.9. The van der Waals surface area contributed by atoms with Gasteiger partial charge in [-0.25, -0.2) is 9.97 Å². The number of halogens is 3. The Morgan fingerprint density at radius 1 is 1.07 bits per heavy atom. The molecule has 29 heavy (non-hydrogen) atoms. The van der Waals surface area contributed by atoms with Gasteiger partial charge in [0, 0.05) is 29.9 Å². The highest BCUT2D eigenvalue weighted by atomic mass is 19.4. The van der Waals surface area contributed by atoms with Crippen LogP contribution >= 0.6 is 0 Å². The minimum atomic E-state index is -4.57. The van der Waals surface area contributed by atoms with Crippen LogP contribution in [0.1, 0.15) is 22.9 Å². The van der Waals surface area contributed by atoms with Crippen LogP contribution in [0.3, 0.4) is 0 Å². The molecular formula is C20H25F3N6. The highest BCUT2D eigenvalue weighted by Crippen LogP contribution is 2.38. The van der Waals surface area contributed by atoms with Gasteiger partial charge in [-0.15, -0.1) is 0 Å². The third kappa shape index (κ3) is 3.90. The van der Waals surface area contributed by atoms with E-state index in [0.29, 0.717) is 17.6 Å². The van der Waals surface area contributed by atoms with E-state index >= 15 is 0 Å². The molecule has 0 saturated carbocycles. The lowest BCUT2D eigenvalue weighted by Crippen LogP contribution is -2.21. The molecule has 4 N–H and O–H groups in total. The molecule has 4 aromatic rings. The second-order valence-corrected chi connectivity index (χ2v) is 6.46. The van der Waals surface area contributed by atoms with Crippen LogP contribution in [0.25, 0.3) is 22.4 Å². The van der Waals surface area contributed by atoms with Crippen molar-refractivity contribution in [1.82, 2.24) is 20.2 Å². The molecule has 3 heterocycles. The minimum absolute atomic E-state index is 0. The molecule has 3 aromatic heterocycles. The van der Waals surface area contributed by atoms with Crippen molar-refractivity contribution in [3.63, 3.8) is 0 Å². The number of nitrogens with two attached hydrogens (primary N) is 1. The van der Waals surface area contributed by atoms with Crippen LogP contribution in [0.15, 0.2) is 60.8 Å². The zero-order valence-electron chi connectivity index (χ0n) is 15.1. The normalized spacial score (nSPS) is 12.8. The van der Waals surface area contributed by atoms with Gasteiger partial charge in [-0.3, -0.25) is 5.10 Å². The van der Waals surface area contributed by atoms with Crippen LogP contribution in [0, 0.1) is 0 Å². The quantitative estimate of drug-likeness (QED) is 0.427. The summed E-state index contributed by atoms with van der Waals surface area (Å²) < 4.78 is 40.7. The fourth-order valence-corrected chi connectivity index (χ4v) is 3.04. The average molecular weight is 406 g/mol. The predicted octanol–water partition coefficient (Wildman–Crippen LogP) is 5.13. The Labute approximate surface area is 169 Å². The Bertz CT molecular complexity index is 1140. The standard InChI is InChI=1S/C20H17F3N6.4H2/c21-20(22,23)14-8-9-16(26-11-15(24)12-5-2-1-3-6-12)27-18(14)17-13-7-4-10-25-19(13)29-28-17;;;;/h1-10,15H,11,24H2,(H,26,27)(H,25,28,29);4*1H. The lowest BCUT2D eigenvalue weighted by Gasteiger charge is -2.16. The second kappa shape index (κ2) is 7.51. The first-order chi connectivity index (χ1) is 13.9. The van der Waals surface area contributed by atoms with Crippen LogP contribution in [-0.4, -0.2) is 26.7 Å². The van der Waals surface area contributed by atoms with Gasteiger partial charge in [0.25, 0.3) is 0 Å². The number of aromatic nitrogens is 4. The van der Waals surface area contributed by atoms with Gasteiger partial charge in [0.2, 0.25) is 0 Å². The van der Waals surface area contributed by atoms with Gasteiger partial charge in [0.1, 0.15) is 11.5 Å². The Morgan fingerprint density at radius 3 is 2.62 bits per heavy atom. The molecule has 1 aromatic carbocycles. The van der Waals surface area contributed by atoms with E-state index in [1.165, 1.54) is 12.3 Å². The first-order valence-corrected chi connectivity index (χ1v) is 8.85. The predicted molar refractivity (Wildman–Crippen MR) is 112 cm³/mol. The summed E-state index contributed by atoms with van der Waals surface area (Å²) in [6, 6.07) is 14.7. The molecule has 1 atom stereocenters. The number of rotatable bonds is 5. The van der Waals surface area contributed by atoms with E-state index in [-0.39, 0.29) is 29.0 Å². The summed E-state index contributed by atoms with van der Waals surface area (Å²) in [6.45, 7) is 0.313. The molecule has 0 aliphatic carbocycles. The third-order valence-electron chi connectivity index (χ3n) is 4.50. The van der Waals surface area contributed by atoms with Crippen LogP contribution in [0.2, 0.25) is 0 Å². The number of fused-ring (bicyclic) bond motifs is 1. The van der Waals surface area contributed by atoms with Crippen molar-refractivity contribution in [1.29, 1.82) is 0 Å². The van der Waals surface area contributed by atoms with E-state index in [1.54, 1.807) is 12.1 Å². The van der Waals surface area contributed by atoms with Gasteiger partial charge in [0.15, 0.2) is 5.65 Å². The summed E-state index contributed by atoms with van der Waals surface area (Å²) in [5.41, 5.74) is 6.45. The highest BCUT2D eigenvalue weighted by molar-refractivity contribution is 5.90. The SMILES string of the molecule is NC(CNc1ccc(C(F)(F)F)c(-c2[nH]nc3ncccc23)n1)c1ccccc1.[HH].[HH].[HH].[HH]. The molecule has 4 rings (SSSR count). The van der Waals surface area contributed by atoms with Gasteiger partial charge in [-0.2, -0.15) is 18.3 Å². The number of aromatic amines is 1. The molecule has 0 fully saturated rings. The Hall–Kier alpha value is -3.46. The van der Waals surface area contributed by atoms with E-state index in [4.69, 9.17) is 5.73 Å². The maximum Gasteiger partial charge on any atom is 0.418 e. The summed E-state index contributed by atoms with van der Waals surface area (Å²) in [7, 11) is 0. The maximum absolute atomic E-state index is 13.6. The summed E-state index contributed by atoms with van der Waals surface area (Å²) >= 11 is 0. The number of hydrogen-bond acceptors (Lipinski definition) is 5. The molecule has 0 aliphatic heterocycles. The lowest BCUT2D eigenvalue weighted by molar-refractivity contribution is -0.137. The smallest absolute Gasteiger partial charge is 0.368 e. The molecule has 0 aliphatic rings. The molecule has 9 heteroatoms. The maximum atomic E-state index is 13.6. The molecule has 0 bridgehead atoms. The van der Waals surface area contributed by atoms with Gasteiger partial charge in [-0.1, -0.05) is 30.3 Å². The number of nitrogens with one attached hydrogen (secondary N) is 2. The van der Waals surface area contributed by atoms with Crippen LogP contribution in [-0.2, 0) is 6.18 Å². The summed E-state index contributed by atoms with van der Waals surface area (Å²) in [5, 5.41) is 10.1. The fraction of sp³-hybridized carbons (Fsp3) is 0.150. The van der Waals surface area contributed by atoms with E-state index in [0.717, 1.165) is 11.6 Å². The van der Waals surface area contributed by atoms with Crippen molar-refractivity contribution in [2.24, 2.45) is 5.73 Å². The van der Waals surface area contributed by atoms with E-state index < -0.39 is 11.7 Å². The van der Waals surface area contributed by atoms with Gasteiger partial charge in [-0.05, 0) is 29.8 Å². The van der Waals surface area contributed by atoms with Gasteiger partial charge in [0.05, 0.1) is 11.3 Å². The summed E-state index contributed by atoms with van der Waals surface area (Å²) in [4.78, 5) is 8.26. The van der Waals surface area contributed by atoms with Crippen molar-refractivity contribution in [3.8, 4) is 11.4 Å². The minimum Gasteiger partial charge on any atom is -0.368 e. The van der Waals surface area contributed by atoms with Crippen LogP contribution in [0.4, 0.5) is 19.0 Å². The number of benzene rings is 1. The number of pyridine rings is 2. The van der Waals surface area contributed by atoms with Crippen molar-refractivity contribution in [2.45, 2.75) is 12.2 Å². The Morgan fingerprint density at radius 2 is 1.86 bits per heavy atom. The van der Waals surface area contributed by atoms with Gasteiger partial charge < -0.3 is 11.1 Å². The number of alkyl halides is 3. The van der Waals surface area contributed by atoms with Gasteiger partial charge >= 0.3 is 6.18 Å². The molecule has 0 saturated heterocycles.